The van der Waals surface area contributed by atoms with E-state index in [0.29, 0.717) is 33.5 Å². The zero-order valence-corrected chi connectivity index (χ0v) is 16.5. The number of aromatic nitrogens is 3. The molecular weight excluding hydrogens is 382 g/mol. The Labute approximate surface area is 173 Å². The molecule has 0 saturated heterocycles. The van der Waals surface area contributed by atoms with Gasteiger partial charge in [-0.15, -0.1) is 0 Å². The van der Waals surface area contributed by atoms with Crippen molar-refractivity contribution < 1.29 is 19.1 Å². The van der Waals surface area contributed by atoms with Crippen LogP contribution >= 0.6 is 0 Å². The molecule has 0 unspecified atom stereocenters. The minimum absolute atomic E-state index is 0.163. The Morgan fingerprint density at radius 2 is 1.20 bits per heavy atom. The molecule has 0 atom stereocenters. The fourth-order valence-corrected chi connectivity index (χ4v) is 2.92. The number of ether oxygens (including phenoxy) is 3. The van der Waals surface area contributed by atoms with E-state index < -0.39 is 0 Å². The summed E-state index contributed by atoms with van der Waals surface area (Å²) in [5.74, 6) is 1.92. The lowest BCUT2D eigenvalue weighted by molar-refractivity contribution is -0.675. The fourth-order valence-electron chi connectivity index (χ4n) is 2.92. The first kappa shape index (κ1) is 19.2. The Kier molecular flexibility index (Phi) is 5.43. The molecule has 150 valence electrons. The van der Waals surface area contributed by atoms with Crippen LogP contribution in [0.25, 0.3) is 22.5 Å². The largest absolute Gasteiger partial charge is 0.688 e. The van der Waals surface area contributed by atoms with Gasteiger partial charge in [-0.2, -0.15) is 0 Å². The summed E-state index contributed by atoms with van der Waals surface area (Å²) in [7, 11) is 3.20. The van der Waals surface area contributed by atoms with E-state index in [1.165, 1.54) is 0 Å². The number of benzene rings is 3. The van der Waals surface area contributed by atoms with Crippen molar-refractivity contribution in [2.24, 2.45) is 0 Å². The van der Waals surface area contributed by atoms with Crippen molar-refractivity contribution in [1.29, 1.82) is 0 Å². The highest BCUT2D eigenvalue weighted by Gasteiger charge is 2.24. The van der Waals surface area contributed by atoms with E-state index in [4.69, 9.17) is 14.2 Å². The van der Waals surface area contributed by atoms with E-state index in [1.807, 2.05) is 54.6 Å². The second-order valence-electron chi connectivity index (χ2n) is 6.34. The van der Waals surface area contributed by atoms with Crippen LogP contribution in [0.15, 0.2) is 78.9 Å². The van der Waals surface area contributed by atoms with Crippen LogP contribution in [0.3, 0.4) is 0 Å². The third-order valence-corrected chi connectivity index (χ3v) is 4.47. The van der Waals surface area contributed by atoms with Gasteiger partial charge in [0, 0.05) is 16.1 Å². The Hall–Kier alpha value is -4.13. The monoisotopic (exact) mass is 401 g/mol. The van der Waals surface area contributed by atoms with Crippen LogP contribution in [0, 0.1) is 5.21 Å². The van der Waals surface area contributed by atoms with Crippen LogP contribution in [-0.2, 0) is 0 Å². The maximum absolute atomic E-state index is 12.6. The van der Waals surface area contributed by atoms with Gasteiger partial charge in [0.05, 0.1) is 14.2 Å². The van der Waals surface area contributed by atoms with Crippen molar-refractivity contribution in [3.63, 3.8) is 0 Å². The van der Waals surface area contributed by atoms with Crippen LogP contribution in [0.5, 0.6) is 23.3 Å². The number of hydrogen-bond donors (Lipinski definition) is 0. The van der Waals surface area contributed by atoms with Crippen LogP contribution in [-0.4, -0.2) is 24.3 Å². The van der Waals surface area contributed by atoms with Gasteiger partial charge in [-0.1, -0.05) is 28.1 Å². The first-order valence-electron chi connectivity index (χ1n) is 9.21. The van der Waals surface area contributed by atoms with Crippen LogP contribution in [0.2, 0.25) is 0 Å². The van der Waals surface area contributed by atoms with Gasteiger partial charge in [0.1, 0.15) is 17.2 Å². The van der Waals surface area contributed by atoms with E-state index in [2.05, 4.69) is 10.1 Å². The lowest BCUT2D eigenvalue weighted by Crippen LogP contribution is -2.35. The molecule has 0 spiro atoms. The second-order valence-corrected chi connectivity index (χ2v) is 6.34. The van der Waals surface area contributed by atoms with Crippen LogP contribution < -0.4 is 19.1 Å². The summed E-state index contributed by atoms with van der Waals surface area (Å²) in [5.41, 5.74) is 2.44. The smallest absolute Gasteiger partial charge is 0.529 e. The summed E-state index contributed by atoms with van der Waals surface area (Å²) in [6, 6.07) is 23.4. The van der Waals surface area contributed by atoms with Gasteiger partial charge >= 0.3 is 6.01 Å². The molecule has 0 bridgehead atoms. The van der Waals surface area contributed by atoms with Crippen molar-refractivity contribution in [1.82, 2.24) is 10.1 Å². The quantitative estimate of drug-likeness (QED) is 0.355. The first-order valence-corrected chi connectivity index (χ1v) is 9.21. The van der Waals surface area contributed by atoms with E-state index >= 15 is 0 Å². The number of methoxy groups -OCH3 is 2. The molecule has 30 heavy (non-hydrogen) atoms. The average molecular weight is 401 g/mol. The molecule has 0 saturated carbocycles. The molecule has 0 aliphatic carbocycles. The third kappa shape index (κ3) is 4.00. The Balaban J connectivity index is 1.83. The number of rotatable bonds is 6. The Bertz CT molecular complexity index is 1130. The van der Waals surface area contributed by atoms with Crippen molar-refractivity contribution in [2.75, 3.05) is 14.2 Å². The SMILES string of the molecule is COc1ccc(-c2nc(Oc3ccccc3)[n+]([O-])nc2-c2ccc(OC)cc2)cc1. The normalized spacial score (nSPS) is 10.5. The van der Waals surface area contributed by atoms with Crippen LogP contribution in [0.4, 0.5) is 0 Å². The van der Waals surface area contributed by atoms with Gasteiger partial charge in [0.15, 0.2) is 5.69 Å². The highest BCUT2D eigenvalue weighted by molar-refractivity contribution is 5.77. The summed E-state index contributed by atoms with van der Waals surface area (Å²) >= 11 is 0. The minimum atomic E-state index is -0.163. The molecular formula is C23H19N3O4. The molecule has 0 fully saturated rings. The summed E-state index contributed by atoms with van der Waals surface area (Å²) < 4.78 is 16.1. The topological polar surface area (TPSA) is 80.4 Å². The zero-order chi connectivity index (χ0) is 20.9. The lowest BCUT2D eigenvalue weighted by Gasteiger charge is -2.10. The average Bonchev–Trinajstić information content (AvgIpc) is 2.81. The molecule has 4 aromatic rings. The molecule has 7 heteroatoms. The molecule has 3 aromatic carbocycles. The van der Waals surface area contributed by atoms with Crippen molar-refractivity contribution in [3.8, 4) is 45.8 Å². The Morgan fingerprint density at radius 3 is 1.73 bits per heavy atom. The molecule has 0 aliphatic rings. The first-order chi connectivity index (χ1) is 14.7. The summed E-state index contributed by atoms with van der Waals surface area (Å²) in [6.45, 7) is 0. The van der Waals surface area contributed by atoms with E-state index in [9.17, 15) is 5.21 Å². The number of para-hydroxylation sites is 1. The summed E-state index contributed by atoms with van der Waals surface area (Å²) in [5, 5.41) is 16.8. The van der Waals surface area contributed by atoms with Crippen molar-refractivity contribution in [3.05, 3.63) is 84.1 Å². The molecule has 4 rings (SSSR count). The molecule has 1 aromatic heterocycles. The highest BCUT2D eigenvalue weighted by Crippen LogP contribution is 2.31. The maximum Gasteiger partial charge on any atom is 0.529 e. The summed E-state index contributed by atoms with van der Waals surface area (Å²) in [4.78, 5) is 4.89. The Morgan fingerprint density at radius 1 is 0.667 bits per heavy atom. The van der Waals surface area contributed by atoms with Crippen molar-refractivity contribution in [2.45, 2.75) is 0 Å². The second kappa shape index (κ2) is 8.48. The van der Waals surface area contributed by atoms with Gasteiger partial charge in [-0.05, 0) is 60.7 Å². The molecule has 0 N–H and O–H groups in total. The standard InChI is InChI=1S/C23H19N3O4/c1-28-18-12-8-16(9-13-18)21-22(17-10-14-19(29-2)15-11-17)25-26(27)23(24-21)30-20-6-4-3-5-7-20/h3-15H,1-2H3. The highest BCUT2D eigenvalue weighted by atomic mass is 16.6. The van der Waals surface area contributed by atoms with Gasteiger partial charge in [0.2, 0.25) is 5.69 Å². The van der Waals surface area contributed by atoms with E-state index in [1.54, 1.807) is 38.5 Å². The van der Waals surface area contributed by atoms with E-state index in [0.717, 1.165) is 11.1 Å². The molecule has 0 amide bonds. The van der Waals surface area contributed by atoms with Gasteiger partial charge in [-0.3, -0.25) is 0 Å². The van der Waals surface area contributed by atoms with E-state index in [-0.39, 0.29) is 6.01 Å². The number of hydrogen-bond acceptors (Lipinski definition) is 6. The fraction of sp³-hybridized carbons (Fsp3) is 0.0870. The molecule has 0 radical (unpaired) electrons. The third-order valence-electron chi connectivity index (χ3n) is 4.47. The van der Waals surface area contributed by atoms with Gasteiger partial charge in [-0.25, -0.2) is 0 Å². The van der Waals surface area contributed by atoms with Crippen LogP contribution in [0.1, 0.15) is 0 Å². The summed E-state index contributed by atoms with van der Waals surface area (Å²) in [6.07, 6.45) is 0. The minimum Gasteiger partial charge on any atom is -0.688 e. The predicted octanol–water partition coefficient (Wildman–Crippen LogP) is 4.25. The molecule has 0 aliphatic heterocycles. The zero-order valence-electron chi connectivity index (χ0n) is 16.5. The van der Waals surface area contributed by atoms with Crippen molar-refractivity contribution >= 4 is 0 Å². The van der Waals surface area contributed by atoms with Gasteiger partial charge in [0.25, 0.3) is 0 Å². The maximum atomic E-state index is 12.6. The number of nitrogens with zero attached hydrogens (tertiary/aromatic N) is 3. The van der Waals surface area contributed by atoms with Gasteiger partial charge < -0.3 is 19.4 Å². The molecule has 1 heterocycles. The molecule has 7 nitrogen and oxygen atoms in total. The predicted molar refractivity (Wildman–Crippen MR) is 111 cm³/mol. The lowest BCUT2D eigenvalue weighted by atomic mass is 10.0.